The number of nitrogens with one attached hydrogen (secondary N) is 1. The summed E-state index contributed by atoms with van der Waals surface area (Å²) in [6.07, 6.45) is 0. The number of anilines is 1. The van der Waals surface area contributed by atoms with Gasteiger partial charge < -0.3 is 10.2 Å². The van der Waals surface area contributed by atoms with Gasteiger partial charge in [0.2, 0.25) is 5.91 Å². The van der Waals surface area contributed by atoms with Crippen molar-refractivity contribution >= 4 is 22.6 Å². The third-order valence-corrected chi connectivity index (χ3v) is 3.80. The molecular weight excluding hydrogens is 300 g/mol. The predicted octanol–water partition coefficient (Wildman–Crippen LogP) is 3.19. The highest BCUT2D eigenvalue weighted by molar-refractivity contribution is 5.93. The molecule has 0 bridgehead atoms. The molecule has 0 saturated heterocycles. The maximum atomic E-state index is 12.2. The van der Waals surface area contributed by atoms with Crippen molar-refractivity contribution in [2.75, 3.05) is 19.4 Å². The van der Waals surface area contributed by atoms with Crippen LogP contribution in [-0.2, 0) is 4.79 Å². The Bertz CT molecular complexity index is 862. The molecule has 3 aromatic rings. The summed E-state index contributed by atoms with van der Waals surface area (Å²) in [5.41, 5.74) is 1.79. The maximum Gasteiger partial charge on any atom is 0.244 e. The molecule has 24 heavy (non-hydrogen) atoms. The number of rotatable bonds is 4. The van der Waals surface area contributed by atoms with Crippen LogP contribution >= 0.6 is 0 Å². The van der Waals surface area contributed by atoms with Gasteiger partial charge in [0.1, 0.15) is 11.9 Å². The number of aromatic nitrogens is 2. The summed E-state index contributed by atoms with van der Waals surface area (Å²) < 4.78 is 0. The van der Waals surface area contributed by atoms with E-state index >= 15 is 0 Å². The monoisotopic (exact) mass is 320 g/mol. The maximum absolute atomic E-state index is 12.2. The van der Waals surface area contributed by atoms with Crippen molar-refractivity contribution in [3.8, 4) is 11.4 Å². The number of nitrogens with zero attached hydrogens (tertiary/aromatic N) is 3. The molecule has 1 amide bonds. The van der Waals surface area contributed by atoms with Crippen LogP contribution in [0.5, 0.6) is 0 Å². The fourth-order valence-corrected chi connectivity index (χ4v) is 2.56. The van der Waals surface area contributed by atoms with Gasteiger partial charge in [-0.25, -0.2) is 9.97 Å². The van der Waals surface area contributed by atoms with Crippen molar-refractivity contribution < 1.29 is 4.79 Å². The van der Waals surface area contributed by atoms with Crippen LogP contribution in [0.15, 0.2) is 54.6 Å². The SMILES string of the molecule is C[C@H](Nc1nc(-c2ccccc2)nc2ccccc12)C(=O)N(C)C. The zero-order valence-corrected chi connectivity index (χ0v) is 14.0. The number of amides is 1. The molecule has 5 heteroatoms. The summed E-state index contributed by atoms with van der Waals surface area (Å²) in [6, 6.07) is 17.2. The van der Waals surface area contributed by atoms with Gasteiger partial charge in [0.05, 0.1) is 5.52 Å². The highest BCUT2D eigenvalue weighted by atomic mass is 16.2. The van der Waals surface area contributed by atoms with Gasteiger partial charge in [0, 0.05) is 25.0 Å². The first-order valence-electron chi connectivity index (χ1n) is 7.86. The molecular formula is C19H20N4O. The van der Waals surface area contributed by atoms with E-state index in [4.69, 9.17) is 0 Å². The molecule has 1 aromatic heterocycles. The Morgan fingerprint density at radius 2 is 1.67 bits per heavy atom. The lowest BCUT2D eigenvalue weighted by Crippen LogP contribution is -2.36. The zero-order valence-electron chi connectivity index (χ0n) is 14.0. The molecule has 122 valence electrons. The summed E-state index contributed by atoms with van der Waals surface area (Å²) in [7, 11) is 3.49. The standard InChI is InChI=1S/C19H20N4O/c1-13(19(24)23(2)3)20-18-15-11-7-8-12-16(15)21-17(22-18)14-9-5-4-6-10-14/h4-13H,1-3H3,(H,20,21,22)/t13-/m0/s1. The normalized spacial score (nSPS) is 12.0. The number of benzene rings is 2. The van der Waals surface area contributed by atoms with Crippen molar-refractivity contribution in [3.63, 3.8) is 0 Å². The second-order valence-corrected chi connectivity index (χ2v) is 5.88. The number of hydrogen-bond acceptors (Lipinski definition) is 4. The van der Waals surface area contributed by atoms with Crippen LogP contribution in [0.1, 0.15) is 6.92 Å². The number of hydrogen-bond donors (Lipinski definition) is 1. The average Bonchev–Trinajstić information content (AvgIpc) is 2.61. The van der Waals surface area contributed by atoms with E-state index in [2.05, 4.69) is 15.3 Å². The highest BCUT2D eigenvalue weighted by Crippen LogP contribution is 2.25. The van der Waals surface area contributed by atoms with Gasteiger partial charge in [0.15, 0.2) is 5.82 Å². The third-order valence-electron chi connectivity index (χ3n) is 3.80. The summed E-state index contributed by atoms with van der Waals surface area (Å²) in [5, 5.41) is 4.13. The largest absolute Gasteiger partial charge is 0.358 e. The second-order valence-electron chi connectivity index (χ2n) is 5.88. The van der Waals surface area contributed by atoms with Gasteiger partial charge in [-0.1, -0.05) is 42.5 Å². The lowest BCUT2D eigenvalue weighted by Gasteiger charge is -2.19. The molecule has 0 unspecified atom stereocenters. The van der Waals surface area contributed by atoms with E-state index in [-0.39, 0.29) is 11.9 Å². The van der Waals surface area contributed by atoms with Crippen LogP contribution in [0.4, 0.5) is 5.82 Å². The molecule has 1 atom stereocenters. The Morgan fingerprint density at radius 1 is 1.00 bits per heavy atom. The zero-order chi connectivity index (χ0) is 17.1. The molecule has 3 rings (SSSR count). The molecule has 0 aliphatic carbocycles. The minimum Gasteiger partial charge on any atom is -0.358 e. The minimum atomic E-state index is -0.373. The topological polar surface area (TPSA) is 58.1 Å². The smallest absolute Gasteiger partial charge is 0.244 e. The molecule has 0 aliphatic heterocycles. The first-order chi connectivity index (χ1) is 11.6. The average molecular weight is 320 g/mol. The molecule has 0 fully saturated rings. The third kappa shape index (κ3) is 3.20. The van der Waals surface area contributed by atoms with Gasteiger partial charge in [-0.3, -0.25) is 4.79 Å². The molecule has 1 N–H and O–H groups in total. The van der Waals surface area contributed by atoms with Crippen LogP contribution in [0.25, 0.3) is 22.3 Å². The Labute approximate surface area is 141 Å². The van der Waals surface area contributed by atoms with E-state index < -0.39 is 0 Å². The van der Waals surface area contributed by atoms with Gasteiger partial charge in [-0.2, -0.15) is 0 Å². The van der Waals surface area contributed by atoms with Gasteiger partial charge in [0.25, 0.3) is 0 Å². The molecule has 0 radical (unpaired) electrons. The Kier molecular flexibility index (Phi) is 4.42. The molecule has 0 saturated carbocycles. The van der Waals surface area contributed by atoms with E-state index in [9.17, 15) is 4.79 Å². The van der Waals surface area contributed by atoms with E-state index in [1.165, 1.54) is 0 Å². The van der Waals surface area contributed by atoms with Crippen molar-refractivity contribution in [2.45, 2.75) is 13.0 Å². The van der Waals surface area contributed by atoms with Crippen LogP contribution < -0.4 is 5.32 Å². The van der Waals surface area contributed by atoms with Crippen molar-refractivity contribution in [3.05, 3.63) is 54.6 Å². The van der Waals surface area contributed by atoms with E-state index in [1.54, 1.807) is 19.0 Å². The van der Waals surface area contributed by atoms with Crippen LogP contribution in [-0.4, -0.2) is 40.9 Å². The predicted molar refractivity (Wildman–Crippen MR) is 96.8 cm³/mol. The lowest BCUT2D eigenvalue weighted by atomic mass is 10.1. The molecule has 0 spiro atoms. The fraction of sp³-hybridized carbons (Fsp3) is 0.211. The Balaban J connectivity index is 2.07. The molecule has 0 aliphatic rings. The van der Waals surface area contributed by atoms with Gasteiger partial charge >= 0.3 is 0 Å². The van der Waals surface area contributed by atoms with Crippen LogP contribution in [0.2, 0.25) is 0 Å². The van der Waals surface area contributed by atoms with Crippen LogP contribution in [0.3, 0.4) is 0 Å². The summed E-state index contributed by atoms with van der Waals surface area (Å²) >= 11 is 0. The minimum absolute atomic E-state index is 0.000968. The van der Waals surface area contributed by atoms with Crippen molar-refractivity contribution in [1.82, 2.24) is 14.9 Å². The first-order valence-corrected chi connectivity index (χ1v) is 7.86. The van der Waals surface area contributed by atoms with E-state index in [0.717, 1.165) is 16.5 Å². The van der Waals surface area contributed by atoms with E-state index in [0.29, 0.717) is 11.6 Å². The van der Waals surface area contributed by atoms with Crippen molar-refractivity contribution in [2.24, 2.45) is 0 Å². The highest BCUT2D eigenvalue weighted by Gasteiger charge is 2.17. The van der Waals surface area contributed by atoms with E-state index in [1.807, 2.05) is 61.5 Å². The Hall–Kier alpha value is -2.95. The molecule has 1 heterocycles. The number of likely N-dealkylation sites (N-methyl/N-ethyl adjacent to an activating group) is 1. The number of fused-ring (bicyclic) bond motifs is 1. The number of para-hydroxylation sites is 1. The molecule has 2 aromatic carbocycles. The number of carbonyl (C=O) groups is 1. The fourth-order valence-electron chi connectivity index (χ4n) is 2.56. The van der Waals surface area contributed by atoms with Gasteiger partial charge in [-0.15, -0.1) is 0 Å². The lowest BCUT2D eigenvalue weighted by molar-refractivity contribution is -0.129. The van der Waals surface area contributed by atoms with Crippen molar-refractivity contribution in [1.29, 1.82) is 0 Å². The summed E-state index contributed by atoms with van der Waals surface area (Å²) in [4.78, 5) is 23.0. The quantitative estimate of drug-likeness (QED) is 0.802. The Morgan fingerprint density at radius 3 is 2.38 bits per heavy atom. The molecule has 5 nitrogen and oxygen atoms in total. The summed E-state index contributed by atoms with van der Waals surface area (Å²) in [5.74, 6) is 1.31. The second kappa shape index (κ2) is 6.66. The summed E-state index contributed by atoms with van der Waals surface area (Å²) in [6.45, 7) is 1.83. The van der Waals surface area contributed by atoms with Gasteiger partial charge in [-0.05, 0) is 19.1 Å². The van der Waals surface area contributed by atoms with Crippen LogP contribution in [0, 0.1) is 0 Å². The first kappa shape index (κ1) is 15.9. The number of carbonyl (C=O) groups excluding carboxylic acids is 1.